The van der Waals surface area contributed by atoms with Gasteiger partial charge in [-0.1, -0.05) is 17.7 Å². The monoisotopic (exact) mass is 333 g/mol. The van der Waals surface area contributed by atoms with E-state index < -0.39 is 29.9 Å². The van der Waals surface area contributed by atoms with Gasteiger partial charge in [0.2, 0.25) is 5.91 Å². The van der Waals surface area contributed by atoms with Crippen molar-refractivity contribution in [3.8, 4) is 0 Å². The predicted molar refractivity (Wildman–Crippen MR) is 84.9 cm³/mol. The molecule has 1 aromatic carbocycles. The average Bonchev–Trinajstić information content (AvgIpc) is 2.89. The lowest BCUT2D eigenvalue weighted by Gasteiger charge is -2.17. The molecule has 0 unspecified atom stereocenters. The Hall–Kier alpha value is -2.90. The van der Waals surface area contributed by atoms with Crippen LogP contribution >= 0.6 is 0 Å². The van der Waals surface area contributed by atoms with Crippen LogP contribution in [0.4, 0.5) is 10.5 Å². The van der Waals surface area contributed by atoms with Crippen molar-refractivity contribution in [2.24, 2.45) is 11.7 Å². The van der Waals surface area contributed by atoms with Crippen LogP contribution in [-0.4, -0.2) is 36.5 Å². The summed E-state index contributed by atoms with van der Waals surface area (Å²) in [6, 6.07) is 6.35. The average molecular weight is 333 g/mol. The van der Waals surface area contributed by atoms with Gasteiger partial charge in [0.05, 0.1) is 5.92 Å². The fourth-order valence-corrected chi connectivity index (χ4v) is 2.39. The number of ether oxygens (including phenoxy) is 1. The first kappa shape index (κ1) is 17.5. The first-order chi connectivity index (χ1) is 11.3. The van der Waals surface area contributed by atoms with E-state index in [0.717, 1.165) is 5.56 Å². The number of nitrogens with zero attached hydrogens (tertiary/aromatic N) is 1. The van der Waals surface area contributed by atoms with Crippen molar-refractivity contribution in [2.75, 3.05) is 11.4 Å². The lowest BCUT2D eigenvalue weighted by Crippen LogP contribution is -2.42. The zero-order valence-electron chi connectivity index (χ0n) is 13.4. The lowest BCUT2D eigenvalue weighted by atomic mass is 10.1. The fraction of sp³-hybridized carbons (Fsp3) is 0.375. The van der Waals surface area contributed by atoms with Crippen LogP contribution < -0.4 is 16.0 Å². The number of benzene rings is 1. The van der Waals surface area contributed by atoms with Gasteiger partial charge in [0.1, 0.15) is 0 Å². The number of anilines is 1. The Morgan fingerprint density at radius 2 is 1.92 bits per heavy atom. The van der Waals surface area contributed by atoms with Crippen LogP contribution in [0.15, 0.2) is 24.3 Å². The molecule has 0 bridgehead atoms. The first-order valence-electron chi connectivity index (χ1n) is 7.45. The molecule has 1 aliphatic rings. The van der Waals surface area contributed by atoms with Gasteiger partial charge < -0.3 is 15.4 Å². The highest BCUT2D eigenvalue weighted by Crippen LogP contribution is 2.26. The third kappa shape index (κ3) is 4.09. The summed E-state index contributed by atoms with van der Waals surface area (Å²) in [7, 11) is 0. The number of amides is 4. The molecule has 128 valence electrons. The number of nitrogens with two attached hydrogens (primary N) is 1. The Bertz CT molecular complexity index is 671. The van der Waals surface area contributed by atoms with Crippen molar-refractivity contribution in [1.29, 1.82) is 0 Å². The molecule has 4 amide bonds. The molecule has 0 aliphatic carbocycles. The number of imide groups is 1. The summed E-state index contributed by atoms with van der Waals surface area (Å²) in [5.41, 5.74) is 6.61. The Kier molecular flexibility index (Phi) is 5.18. The molecular formula is C16H19N3O5. The second kappa shape index (κ2) is 7.12. The van der Waals surface area contributed by atoms with Crippen molar-refractivity contribution in [2.45, 2.75) is 26.4 Å². The molecule has 1 aromatic rings. The smallest absolute Gasteiger partial charge is 0.318 e. The van der Waals surface area contributed by atoms with Gasteiger partial charge in [-0.25, -0.2) is 4.79 Å². The van der Waals surface area contributed by atoms with Crippen molar-refractivity contribution < 1.29 is 23.9 Å². The number of primary amides is 1. The summed E-state index contributed by atoms with van der Waals surface area (Å²) >= 11 is 0. The number of esters is 1. The lowest BCUT2D eigenvalue weighted by molar-refractivity contribution is -0.158. The molecule has 24 heavy (non-hydrogen) atoms. The van der Waals surface area contributed by atoms with E-state index in [-0.39, 0.29) is 18.9 Å². The molecule has 2 atom stereocenters. The molecule has 2 rings (SSSR count). The third-order valence-corrected chi connectivity index (χ3v) is 3.71. The van der Waals surface area contributed by atoms with E-state index in [1.54, 1.807) is 0 Å². The second-order valence-electron chi connectivity index (χ2n) is 5.67. The van der Waals surface area contributed by atoms with Gasteiger partial charge in [-0.2, -0.15) is 0 Å². The standard InChI is InChI=1S/C16H19N3O5/c1-9-3-5-12(6-4-9)19-8-11(7-13(19)20)15(22)24-10(2)14(21)18-16(17)23/h3-6,10-11H,7-8H2,1-2H3,(H3,17,18,21,23)/t10-,11+/m0/s1. The van der Waals surface area contributed by atoms with Gasteiger partial charge in [0.15, 0.2) is 6.10 Å². The molecule has 0 radical (unpaired) electrons. The SMILES string of the molecule is Cc1ccc(N2C[C@H](C(=O)O[C@@H](C)C(=O)NC(N)=O)CC2=O)cc1. The van der Waals surface area contributed by atoms with Gasteiger partial charge >= 0.3 is 12.0 Å². The zero-order valence-corrected chi connectivity index (χ0v) is 13.4. The molecule has 1 fully saturated rings. The molecular weight excluding hydrogens is 314 g/mol. The van der Waals surface area contributed by atoms with Gasteiger partial charge in [0, 0.05) is 18.7 Å². The van der Waals surface area contributed by atoms with Crippen LogP contribution in [0, 0.1) is 12.8 Å². The van der Waals surface area contributed by atoms with Crippen LogP contribution in [0.1, 0.15) is 18.9 Å². The van der Waals surface area contributed by atoms with E-state index >= 15 is 0 Å². The van der Waals surface area contributed by atoms with Gasteiger partial charge in [-0.3, -0.25) is 19.7 Å². The van der Waals surface area contributed by atoms with Crippen LogP contribution in [-0.2, 0) is 19.1 Å². The number of aryl methyl sites for hydroxylation is 1. The summed E-state index contributed by atoms with van der Waals surface area (Å²) in [5.74, 6) is -2.32. The van der Waals surface area contributed by atoms with Crippen LogP contribution in [0.3, 0.4) is 0 Å². The maximum absolute atomic E-state index is 12.1. The summed E-state index contributed by atoms with van der Waals surface area (Å²) < 4.78 is 5.01. The third-order valence-electron chi connectivity index (χ3n) is 3.71. The minimum absolute atomic E-state index is 0.0108. The molecule has 0 saturated carbocycles. The number of hydrogen-bond acceptors (Lipinski definition) is 5. The quantitative estimate of drug-likeness (QED) is 0.777. The van der Waals surface area contributed by atoms with Crippen LogP contribution in [0.25, 0.3) is 0 Å². The number of carbonyl (C=O) groups excluding carboxylic acids is 4. The molecule has 1 aliphatic heterocycles. The Balaban J connectivity index is 1.97. The minimum atomic E-state index is -1.17. The number of urea groups is 1. The largest absolute Gasteiger partial charge is 0.452 e. The van der Waals surface area contributed by atoms with Crippen molar-refractivity contribution >= 4 is 29.5 Å². The summed E-state index contributed by atoms with van der Waals surface area (Å²) in [5, 5.41) is 1.83. The van der Waals surface area contributed by atoms with E-state index in [1.807, 2.05) is 36.5 Å². The van der Waals surface area contributed by atoms with Crippen molar-refractivity contribution in [1.82, 2.24) is 5.32 Å². The zero-order chi connectivity index (χ0) is 17.9. The highest BCUT2D eigenvalue weighted by Gasteiger charge is 2.37. The van der Waals surface area contributed by atoms with Gasteiger partial charge in [-0.15, -0.1) is 0 Å². The van der Waals surface area contributed by atoms with Crippen molar-refractivity contribution in [3.05, 3.63) is 29.8 Å². The van der Waals surface area contributed by atoms with Crippen LogP contribution in [0.5, 0.6) is 0 Å². The maximum atomic E-state index is 12.1. The number of nitrogens with one attached hydrogen (secondary N) is 1. The normalized spacial score (nSPS) is 18.2. The number of rotatable bonds is 4. The van der Waals surface area contributed by atoms with Crippen molar-refractivity contribution in [3.63, 3.8) is 0 Å². The highest BCUT2D eigenvalue weighted by atomic mass is 16.5. The van der Waals surface area contributed by atoms with E-state index in [1.165, 1.54) is 11.8 Å². The Labute approximate surface area is 138 Å². The summed E-state index contributed by atoms with van der Waals surface area (Å²) in [6.45, 7) is 3.45. The molecule has 1 heterocycles. The molecule has 1 saturated heterocycles. The Morgan fingerprint density at radius 3 is 2.50 bits per heavy atom. The topological polar surface area (TPSA) is 119 Å². The van der Waals surface area contributed by atoms with E-state index in [0.29, 0.717) is 5.69 Å². The summed E-state index contributed by atoms with van der Waals surface area (Å²) in [6.07, 6.45) is -1.16. The minimum Gasteiger partial charge on any atom is -0.452 e. The second-order valence-corrected chi connectivity index (χ2v) is 5.67. The fourth-order valence-electron chi connectivity index (χ4n) is 2.39. The van der Waals surface area contributed by atoms with E-state index in [9.17, 15) is 19.2 Å². The summed E-state index contributed by atoms with van der Waals surface area (Å²) in [4.78, 5) is 47.9. The van der Waals surface area contributed by atoms with Gasteiger partial charge in [-0.05, 0) is 26.0 Å². The molecule has 0 spiro atoms. The molecule has 0 aromatic heterocycles. The number of hydrogen-bond donors (Lipinski definition) is 2. The van der Waals surface area contributed by atoms with E-state index in [2.05, 4.69) is 0 Å². The van der Waals surface area contributed by atoms with E-state index in [4.69, 9.17) is 10.5 Å². The Morgan fingerprint density at radius 1 is 1.29 bits per heavy atom. The van der Waals surface area contributed by atoms with Crippen LogP contribution in [0.2, 0.25) is 0 Å². The highest BCUT2D eigenvalue weighted by molar-refractivity contribution is 6.00. The number of carbonyl (C=O) groups is 4. The molecule has 8 heteroatoms. The maximum Gasteiger partial charge on any atom is 0.318 e. The molecule has 3 N–H and O–H groups in total. The first-order valence-corrected chi connectivity index (χ1v) is 7.45. The molecule has 8 nitrogen and oxygen atoms in total. The van der Waals surface area contributed by atoms with Gasteiger partial charge in [0.25, 0.3) is 5.91 Å². The predicted octanol–water partition coefficient (Wildman–Crippen LogP) is 0.475.